The summed E-state index contributed by atoms with van der Waals surface area (Å²) in [6.45, 7) is 8.48. The first kappa shape index (κ1) is 18.4. The van der Waals surface area contributed by atoms with Gasteiger partial charge in [-0.05, 0) is 33.6 Å². The average Bonchev–Trinajstić information content (AvgIpc) is 2.85. The van der Waals surface area contributed by atoms with Gasteiger partial charge in [0.15, 0.2) is 0 Å². The van der Waals surface area contributed by atoms with Gasteiger partial charge in [0, 0.05) is 31.7 Å². The van der Waals surface area contributed by atoms with E-state index in [9.17, 15) is 9.90 Å². The molecule has 0 aromatic carbocycles. The fourth-order valence-corrected chi connectivity index (χ4v) is 2.12. The van der Waals surface area contributed by atoms with Crippen LogP contribution in [0.3, 0.4) is 0 Å². The first-order chi connectivity index (χ1) is 9.87. The van der Waals surface area contributed by atoms with Crippen molar-refractivity contribution in [3.8, 4) is 0 Å². The van der Waals surface area contributed by atoms with Gasteiger partial charge in [-0.25, -0.2) is 0 Å². The zero-order valence-corrected chi connectivity index (χ0v) is 13.5. The summed E-state index contributed by atoms with van der Waals surface area (Å²) in [7, 11) is 0. The van der Waals surface area contributed by atoms with Crippen LogP contribution in [-0.4, -0.2) is 61.7 Å². The van der Waals surface area contributed by atoms with Gasteiger partial charge in [0.1, 0.15) is 0 Å². The second-order valence-electron chi connectivity index (χ2n) is 6.58. The molecule has 6 heteroatoms. The molecule has 3 N–H and O–H groups in total. The van der Waals surface area contributed by atoms with Crippen LogP contribution in [0.25, 0.3) is 0 Å². The third-order valence-electron chi connectivity index (χ3n) is 3.06. The molecular weight excluding hydrogens is 272 g/mol. The molecule has 1 fully saturated rings. The van der Waals surface area contributed by atoms with E-state index in [2.05, 4.69) is 10.6 Å². The van der Waals surface area contributed by atoms with Crippen molar-refractivity contribution in [1.82, 2.24) is 10.6 Å². The molecule has 2 unspecified atom stereocenters. The van der Waals surface area contributed by atoms with Crippen LogP contribution in [0.15, 0.2) is 0 Å². The smallest absolute Gasteiger partial charge is 0.221 e. The van der Waals surface area contributed by atoms with Crippen LogP contribution < -0.4 is 10.6 Å². The van der Waals surface area contributed by atoms with E-state index in [1.165, 1.54) is 0 Å². The number of amides is 1. The molecule has 1 amide bonds. The van der Waals surface area contributed by atoms with Crippen LogP contribution in [0.5, 0.6) is 0 Å². The van der Waals surface area contributed by atoms with E-state index in [1.807, 2.05) is 20.8 Å². The number of ether oxygens (including phenoxy) is 2. The van der Waals surface area contributed by atoms with E-state index in [1.54, 1.807) is 0 Å². The van der Waals surface area contributed by atoms with Crippen molar-refractivity contribution in [1.29, 1.82) is 0 Å². The highest BCUT2D eigenvalue weighted by molar-refractivity contribution is 5.76. The minimum absolute atomic E-state index is 0.0131. The van der Waals surface area contributed by atoms with Crippen LogP contribution in [-0.2, 0) is 14.3 Å². The molecule has 1 rings (SSSR count). The minimum atomic E-state index is -0.558. The summed E-state index contributed by atoms with van der Waals surface area (Å²) in [6.07, 6.45) is 2.16. The normalized spacial score (nSPS) is 20.5. The Bertz CT molecular complexity index is 299. The van der Waals surface area contributed by atoms with E-state index in [4.69, 9.17) is 9.47 Å². The standard InChI is InChI=1S/C15H30N2O4/c1-15(2,3)17-14(19)6-7-16-9-12(18)10-20-11-13-5-4-8-21-13/h12-13,16,18H,4-11H2,1-3H3,(H,17,19). The first-order valence-electron chi connectivity index (χ1n) is 7.76. The molecule has 6 nitrogen and oxygen atoms in total. The third-order valence-corrected chi connectivity index (χ3v) is 3.06. The maximum absolute atomic E-state index is 11.6. The lowest BCUT2D eigenvalue weighted by molar-refractivity contribution is -0.122. The maximum atomic E-state index is 11.6. The quantitative estimate of drug-likeness (QED) is 0.539. The van der Waals surface area contributed by atoms with Gasteiger partial charge in [0.25, 0.3) is 0 Å². The largest absolute Gasteiger partial charge is 0.389 e. The predicted molar refractivity (Wildman–Crippen MR) is 81.2 cm³/mol. The monoisotopic (exact) mass is 302 g/mol. The van der Waals surface area contributed by atoms with Crippen molar-refractivity contribution in [2.45, 2.75) is 57.8 Å². The number of aliphatic hydroxyl groups is 1. The van der Waals surface area contributed by atoms with E-state index in [-0.39, 0.29) is 17.6 Å². The zero-order chi connectivity index (χ0) is 15.7. The molecule has 0 saturated carbocycles. The molecule has 0 radical (unpaired) electrons. The van der Waals surface area contributed by atoms with Gasteiger partial charge >= 0.3 is 0 Å². The predicted octanol–water partition coefficient (Wildman–Crippen LogP) is 0.437. The summed E-state index contributed by atoms with van der Waals surface area (Å²) < 4.78 is 10.9. The highest BCUT2D eigenvalue weighted by Gasteiger charge is 2.16. The Morgan fingerprint density at radius 1 is 1.48 bits per heavy atom. The molecule has 1 saturated heterocycles. The summed E-state index contributed by atoms with van der Waals surface area (Å²) >= 11 is 0. The minimum Gasteiger partial charge on any atom is -0.389 e. The van der Waals surface area contributed by atoms with E-state index < -0.39 is 6.10 Å². The molecule has 0 bridgehead atoms. The lowest BCUT2D eigenvalue weighted by Crippen LogP contribution is -2.42. The third kappa shape index (κ3) is 9.79. The van der Waals surface area contributed by atoms with Gasteiger partial charge < -0.3 is 25.2 Å². The molecule has 21 heavy (non-hydrogen) atoms. The second-order valence-corrected chi connectivity index (χ2v) is 6.58. The van der Waals surface area contributed by atoms with Gasteiger partial charge in [0.05, 0.1) is 25.4 Å². The topological polar surface area (TPSA) is 79.8 Å². The van der Waals surface area contributed by atoms with Crippen molar-refractivity contribution in [3.05, 3.63) is 0 Å². The first-order valence-corrected chi connectivity index (χ1v) is 7.76. The van der Waals surface area contributed by atoms with Gasteiger partial charge in [-0.3, -0.25) is 4.79 Å². The van der Waals surface area contributed by atoms with Crippen LogP contribution in [0.4, 0.5) is 0 Å². The number of rotatable bonds is 9. The second kappa shape index (κ2) is 9.35. The Balaban J connectivity index is 1.95. The van der Waals surface area contributed by atoms with Gasteiger partial charge in [-0.15, -0.1) is 0 Å². The average molecular weight is 302 g/mol. The SMILES string of the molecule is CC(C)(C)NC(=O)CCNCC(O)COCC1CCCO1. The Morgan fingerprint density at radius 3 is 2.86 bits per heavy atom. The maximum Gasteiger partial charge on any atom is 0.221 e. The highest BCUT2D eigenvalue weighted by atomic mass is 16.5. The van der Waals surface area contributed by atoms with Gasteiger partial charge in [0.2, 0.25) is 5.91 Å². The molecular formula is C15H30N2O4. The number of nitrogens with one attached hydrogen (secondary N) is 2. The van der Waals surface area contributed by atoms with Crippen LogP contribution in [0, 0.1) is 0 Å². The summed E-state index contributed by atoms with van der Waals surface area (Å²) in [5.74, 6) is 0.0131. The van der Waals surface area contributed by atoms with Crippen molar-refractivity contribution < 1.29 is 19.4 Å². The summed E-state index contributed by atoms with van der Waals surface area (Å²) in [6, 6.07) is 0. The molecule has 1 heterocycles. The highest BCUT2D eigenvalue weighted by Crippen LogP contribution is 2.11. The molecule has 1 aliphatic rings. The fourth-order valence-electron chi connectivity index (χ4n) is 2.12. The fraction of sp³-hybridized carbons (Fsp3) is 0.933. The molecule has 0 spiro atoms. The zero-order valence-electron chi connectivity index (χ0n) is 13.5. The van der Waals surface area contributed by atoms with Crippen molar-refractivity contribution in [2.24, 2.45) is 0 Å². The van der Waals surface area contributed by atoms with Gasteiger partial charge in [-0.2, -0.15) is 0 Å². The Labute approximate surface area is 127 Å². The Hall–Kier alpha value is -0.690. The van der Waals surface area contributed by atoms with Crippen molar-refractivity contribution >= 4 is 5.91 Å². The Kier molecular flexibility index (Phi) is 8.18. The van der Waals surface area contributed by atoms with Crippen molar-refractivity contribution in [2.75, 3.05) is 32.9 Å². The lowest BCUT2D eigenvalue weighted by Gasteiger charge is -2.20. The van der Waals surface area contributed by atoms with Crippen LogP contribution in [0.2, 0.25) is 0 Å². The van der Waals surface area contributed by atoms with Crippen LogP contribution in [0.1, 0.15) is 40.0 Å². The molecule has 2 atom stereocenters. The molecule has 0 aromatic heterocycles. The van der Waals surface area contributed by atoms with E-state index in [0.29, 0.717) is 32.7 Å². The van der Waals surface area contributed by atoms with E-state index >= 15 is 0 Å². The molecule has 0 aromatic rings. The number of hydrogen-bond donors (Lipinski definition) is 3. The van der Waals surface area contributed by atoms with Gasteiger partial charge in [-0.1, -0.05) is 0 Å². The lowest BCUT2D eigenvalue weighted by atomic mass is 10.1. The summed E-state index contributed by atoms with van der Waals surface area (Å²) in [5, 5.41) is 15.7. The molecule has 124 valence electrons. The molecule has 1 aliphatic heterocycles. The number of hydrogen-bond acceptors (Lipinski definition) is 5. The van der Waals surface area contributed by atoms with E-state index in [0.717, 1.165) is 19.4 Å². The number of carbonyl (C=O) groups is 1. The Morgan fingerprint density at radius 2 is 2.24 bits per heavy atom. The summed E-state index contributed by atoms with van der Waals surface area (Å²) in [5.41, 5.74) is -0.202. The number of carbonyl (C=O) groups excluding carboxylic acids is 1. The van der Waals surface area contributed by atoms with Crippen molar-refractivity contribution in [3.63, 3.8) is 0 Å². The molecule has 0 aliphatic carbocycles. The summed E-state index contributed by atoms with van der Waals surface area (Å²) in [4.78, 5) is 11.6. The van der Waals surface area contributed by atoms with Crippen LogP contribution >= 0.6 is 0 Å². The number of aliphatic hydroxyl groups excluding tert-OH is 1.